The Kier molecular flexibility index (Phi) is 8.72. The molecule has 0 aliphatic rings. The second-order valence-corrected chi connectivity index (χ2v) is 4.72. The van der Waals surface area contributed by atoms with Gasteiger partial charge in [0, 0.05) is 12.4 Å². The van der Waals surface area contributed by atoms with E-state index in [0.717, 1.165) is 22.3 Å². The van der Waals surface area contributed by atoms with Gasteiger partial charge in [-0.2, -0.15) is 0 Å². The first-order valence-corrected chi connectivity index (χ1v) is 6.45. The molecule has 0 amide bonds. The number of hydrogen-bond acceptors (Lipinski definition) is 4. The summed E-state index contributed by atoms with van der Waals surface area (Å²) in [7, 11) is 1.34. The first-order valence-electron chi connectivity index (χ1n) is 6.45. The third-order valence-corrected chi connectivity index (χ3v) is 3.24. The van der Waals surface area contributed by atoms with E-state index in [1.807, 2.05) is 43.5 Å². The molecule has 6 heteroatoms. The van der Waals surface area contributed by atoms with Crippen molar-refractivity contribution in [3.63, 3.8) is 0 Å². The number of halogens is 2. The minimum atomic E-state index is -0.617. The van der Waals surface area contributed by atoms with Crippen LogP contribution >= 0.6 is 24.8 Å². The first-order chi connectivity index (χ1) is 9.61. The standard InChI is InChI=1S/C16H18N2O2.2ClH/c1-11-10-18-8-7-14(11)13-5-3-12(4-6-13)9-15(17)16(19)20-2;;/h3-8,10,15H,9,17H2,1-2H3;2*1H/t15-;;/m0../s1. The van der Waals surface area contributed by atoms with E-state index in [1.54, 1.807) is 6.20 Å². The smallest absolute Gasteiger partial charge is 0.322 e. The molecule has 0 saturated carbocycles. The van der Waals surface area contributed by atoms with Crippen molar-refractivity contribution in [1.29, 1.82) is 0 Å². The Morgan fingerprint density at radius 3 is 2.41 bits per heavy atom. The van der Waals surface area contributed by atoms with E-state index < -0.39 is 6.04 Å². The number of carbonyl (C=O) groups excluding carboxylic acids is 1. The number of methoxy groups -OCH3 is 1. The molecule has 120 valence electrons. The van der Waals surface area contributed by atoms with Crippen LogP contribution in [0.15, 0.2) is 42.7 Å². The molecule has 22 heavy (non-hydrogen) atoms. The number of nitrogens with two attached hydrogens (primary N) is 1. The fourth-order valence-corrected chi connectivity index (χ4v) is 2.11. The number of aryl methyl sites for hydroxylation is 1. The van der Waals surface area contributed by atoms with Crippen molar-refractivity contribution in [3.05, 3.63) is 53.9 Å². The minimum absolute atomic E-state index is 0. The molecular weight excluding hydrogens is 323 g/mol. The van der Waals surface area contributed by atoms with Gasteiger partial charge in [-0.1, -0.05) is 24.3 Å². The molecule has 0 fully saturated rings. The van der Waals surface area contributed by atoms with Crippen LogP contribution in [0.1, 0.15) is 11.1 Å². The van der Waals surface area contributed by atoms with Crippen molar-refractivity contribution in [1.82, 2.24) is 4.98 Å². The number of ether oxygens (including phenoxy) is 1. The summed E-state index contributed by atoms with van der Waals surface area (Å²) in [6.07, 6.45) is 4.10. The molecule has 1 atom stereocenters. The molecule has 1 heterocycles. The quantitative estimate of drug-likeness (QED) is 0.867. The Morgan fingerprint density at radius 2 is 1.86 bits per heavy atom. The molecule has 0 bridgehead atoms. The van der Waals surface area contributed by atoms with Gasteiger partial charge in [-0.15, -0.1) is 24.8 Å². The van der Waals surface area contributed by atoms with Gasteiger partial charge in [0.1, 0.15) is 6.04 Å². The Labute approximate surface area is 142 Å². The lowest BCUT2D eigenvalue weighted by Gasteiger charge is -2.10. The largest absolute Gasteiger partial charge is 0.468 e. The predicted octanol–water partition coefficient (Wildman–Crippen LogP) is 2.94. The summed E-state index contributed by atoms with van der Waals surface area (Å²) in [4.78, 5) is 15.4. The van der Waals surface area contributed by atoms with Crippen LogP contribution in [0.25, 0.3) is 11.1 Å². The summed E-state index contributed by atoms with van der Waals surface area (Å²) in [5, 5.41) is 0. The number of esters is 1. The molecule has 0 spiro atoms. The summed E-state index contributed by atoms with van der Waals surface area (Å²) in [5.41, 5.74) is 10.2. The van der Waals surface area contributed by atoms with Crippen molar-refractivity contribution in [2.75, 3.05) is 7.11 Å². The molecule has 4 nitrogen and oxygen atoms in total. The summed E-state index contributed by atoms with van der Waals surface area (Å²) < 4.78 is 4.62. The van der Waals surface area contributed by atoms with Crippen LogP contribution < -0.4 is 5.73 Å². The highest BCUT2D eigenvalue weighted by molar-refractivity contribution is 5.85. The summed E-state index contributed by atoms with van der Waals surface area (Å²) in [5.74, 6) is -0.390. The van der Waals surface area contributed by atoms with Crippen molar-refractivity contribution in [2.45, 2.75) is 19.4 Å². The lowest BCUT2D eigenvalue weighted by Crippen LogP contribution is -2.33. The van der Waals surface area contributed by atoms with Crippen LogP contribution in [-0.4, -0.2) is 24.1 Å². The predicted molar refractivity (Wildman–Crippen MR) is 92.6 cm³/mol. The number of aromatic nitrogens is 1. The maximum atomic E-state index is 11.3. The van der Waals surface area contributed by atoms with Gasteiger partial charge in [0.2, 0.25) is 0 Å². The van der Waals surface area contributed by atoms with Crippen LogP contribution in [0.3, 0.4) is 0 Å². The topological polar surface area (TPSA) is 65.2 Å². The molecule has 0 unspecified atom stereocenters. The SMILES string of the molecule is COC(=O)[C@@H](N)Cc1ccc(-c2ccncc2C)cc1.Cl.Cl. The molecule has 1 aromatic carbocycles. The van der Waals surface area contributed by atoms with Crippen LogP contribution in [0.4, 0.5) is 0 Å². The number of rotatable bonds is 4. The van der Waals surface area contributed by atoms with Crippen LogP contribution in [0.2, 0.25) is 0 Å². The fraction of sp³-hybridized carbons (Fsp3) is 0.250. The van der Waals surface area contributed by atoms with Gasteiger partial charge in [-0.3, -0.25) is 9.78 Å². The van der Waals surface area contributed by atoms with Gasteiger partial charge >= 0.3 is 5.97 Å². The third kappa shape index (κ3) is 4.98. The first kappa shape index (κ1) is 20.4. The Bertz CT molecular complexity index is 603. The number of benzene rings is 1. The second kappa shape index (κ2) is 9.41. The van der Waals surface area contributed by atoms with E-state index in [-0.39, 0.29) is 30.8 Å². The Hall–Kier alpha value is -1.62. The van der Waals surface area contributed by atoms with Gasteiger partial charge in [0.15, 0.2) is 0 Å². The number of pyridine rings is 1. The van der Waals surface area contributed by atoms with Gasteiger partial charge in [0.25, 0.3) is 0 Å². The second-order valence-electron chi connectivity index (χ2n) is 4.72. The Balaban J connectivity index is 0.00000220. The summed E-state index contributed by atoms with van der Waals surface area (Å²) >= 11 is 0. The van der Waals surface area contributed by atoms with E-state index in [1.165, 1.54) is 7.11 Å². The maximum Gasteiger partial charge on any atom is 0.322 e. The van der Waals surface area contributed by atoms with E-state index in [4.69, 9.17) is 5.73 Å². The normalized spacial score (nSPS) is 10.9. The van der Waals surface area contributed by atoms with E-state index in [0.29, 0.717) is 6.42 Å². The lowest BCUT2D eigenvalue weighted by molar-refractivity contribution is -0.142. The molecule has 2 aromatic rings. The molecule has 2 rings (SSSR count). The zero-order valence-corrected chi connectivity index (χ0v) is 14.1. The zero-order chi connectivity index (χ0) is 14.5. The lowest BCUT2D eigenvalue weighted by atomic mass is 9.99. The van der Waals surface area contributed by atoms with Crippen molar-refractivity contribution < 1.29 is 9.53 Å². The van der Waals surface area contributed by atoms with Crippen LogP contribution in [0.5, 0.6) is 0 Å². The third-order valence-electron chi connectivity index (χ3n) is 3.24. The number of nitrogens with zero attached hydrogens (tertiary/aromatic N) is 1. The minimum Gasteiger partial charge on any atom is -0.468 e. The van der Waals surface area contributed by atoms with E-state index in [2.05, 4.69) is 9.72 Å². The molecule has 0 radical (unpaired) electrons. The highest BCUT2D eigenvalue weighted by Gasteiger charge is 2.14. The molecule has 0 aliphatic heterocycles. The summed E-state index contributed by atoms with van der Waals surface area (Å²) in [6.45, 7) is 2.03. The van der Waals surface area contributed by atoms with Gasteiger partial charge in [-0.05, 0) is 41.7 Å². The maximum absolute atomic E-state index is 11.3. The van der Waals surface area contributed by atoms with Crippen LogP contribution in [-0.2, 0) is 16.0 Å². The fourth-order valence-electron chi connectivity index (χ4n) is 2.11. The Morgan fingerprint density at radius 1 is 1.23 bits per heavy atom. The van der Waals surface area contributed by atoms with Gasteiger partial charge < -0.3 is 10.5 Å². The van der Waals surface area contributed by atoms with Crippen LogP contribution in [0, 0.1) is 6.92 Å². The average Bonchev–Trinajstić information content (AvgIpc) is 2.48. The van der Waals surface area contributed by atoms with Crippen molar-refractivity contribution >= 4 is 30.8 Å². The molecule has 0 saturated heterocycles. The summed E-state index contributed by atoms with van der Waals surface area (Å²) in [6, 6.07) is 9.40. The molecular formula is C16H20Cl2N2O2. The van der Waals surface area contributed by atoms with E-state index >= 15 is 0 Å². The highest BCUT2D eigenvalue weighted by atomic mass is 35.5. The number of carbonyl (C=O) groups is 1. The van der Waals surface area contributed by atoms with Gasteiger partial charge in [0.05, 0.1) is 7.11 Å². The van der Waals surface area contributed by atoms with Gasteiger partial charge in [-0.25, -0.2) is 0 Å². The van der Waals surface area contributed by atoms with Crippen molar-refractivity contribution in [2.24, 2.45) is 5.73 Å². The molecule has 0 aliphatic carbocycles. The monoisotopic (exact) mass is 342 g/mol. The highest BCUT2D eigenvalue weighted by Crippen LogP contribution is 2.22. The van der Waals surface area contributed by atoms with Crippen molar-refractivity contribution in [3.8, 4) is 11.1 Å². The number of hydrogen-bond donors (Lipinski definition) is 1. The zero-order valence-electron chi connectivity index (χ0n) is 12.5. The molecule has 2 N–H and O–H groups in total. The molecule has 1 aromatic heterocycles. The van der Waals surface area contributed by atoms with E-state index in [9.17, 15) is 4.79 Å². The average molecular weight is 343 g/mol.